The maximum absolute atomic E-state index is 14.0. The Hall–Kier alpha value is -5.82. The maximum Gasteiger partial charge on any atom is 0.258 e. The fourth-order valence-corrected chi connectivity index (χ4v) is 6.25. The number of ether oxygens (including phenoxy) is 4. The Balaban J connectivity index is 1.22. The van der Waals surface area contributed by atoms with Crippen LogP contribution in [0.4, 0.5) is 0 Å². The standard InChI is InChI=1S/C37H36N6O6S/c1-46-27-17-13-25(14-18-27)30-21-32(26-15-19-28(47-2)20-16-26)43(41-30)36(45)24-50-37-40-39-34(42(37)31-11-7-8-12-33(31)48-3)22-38-35(44)23-49-29-9-5-4-6-10-29/h4-20,32H,21-24H2,1-3H3,(H,38,44). The van der Waals surface area contributed by atoms with Crippen LogP contribution in [0, 0.1) is 0 Å². The van der Waals surface area contributed by atoms with Crippen molar-refractivity contribution in [2.24, 2.45) is 5.10 Å². The van der Waals surface area contributed by atoms with Gasteiger partial charge >= 0.3 is 0 Å². The van der Waals surface area contributed by atoms with E-state index in [9.17, 15) is 9.59 Å². The van der Waals surface area contributed by atoms with Crippen molar-refractivity contribution in [3.63, 3.8) is 0 Å². The summed E-state index contributed by atoms with van der Waals surface area (Å²) in [5.41, 5.74) is 3.29. The number of benzene rings is 4. The second kappa shape index (κ2) is 16.1. The van der Waals surface area contributed by atoms with Gasteiger partial charge in [-0.15, -0.1) is 10.2 Å². The van der Waals surface area contributed by atoms with Gasteiger partial charge in [-0.1, -0.05) is 54.2 Å². The lowest BCUT2D eigenvalue weighted by Crippen LogP contribution is -2.29. The van der Waals surface area contributed by atoms with Gasteiger partial charge in [-0.2, -0.15) is 5.10 Å². The maximum atomic E-state index is 14.0. The van der Waals surface area contributed by atoms with Crippen molar-refractivity contribution in [3.8, 4) is 28.7 Å². The molecule has 0 bridgehead atoms. The first kappa shape index (κ1) is 34.1. The third kappa shape index (κ3) is 7.90. The van der Waals surface area contributed by atoms with E-state index in [0.717, 1.165) is 28.3 Å². The third-order valence-electron chi connectivity index (χ3n) is 8.00. The number of hydrogen-bond acceptors (Lipinski definition) is 10. The topological polar surface area (TPSA) is 129 Å². The van der Waals surface area contributed by atoms with Crippen LogP contribution < -0.4 is 24.3 Å². The van der Waals surface area contributed by atoms with E-state index in [1.807, 2.05) is 91.0 Å². The minimum absolute atomic E-state index is 0.0244. The predicted octanol–water partition coefficient (Wildman–Crippen LogP) is 5.46. The van der Waals surface area contributed by atoms with E-state index in [0.29, 0.717) is 34.6 Å². The van der Waals surface area contributed by atoms with Gasteiger partial charge in [-0.3, -0.25) is 14.2 Å². The van der Waals surface area contributed by atoms with Crippen molar-refractivity contribution in [2.45, 2.75) is 24.2 Å². The Kier molecular flexibility index (Phi) is 10.9. The summed E-state index contributed by atoms with van der Waals surface area (Å²) in [6.45, 7) is -0.0924. The minimum Gasteiger partial charge on any atom is -0.497 e. The van der Waals surface area contributed by atoms with Gasteiger partial charge in [0.25, 0.3) is 11.8 Å². The second-order valence-electron chi connectivity index (χ2n) is 11.1. The van der Waals surface area contributed by atoms with Crippen molar-refractivity contribution >= 4 is 29.3 Å². The zero-order valence-electron chi connectivity index (χ0n) is 27.8. The smallest absolute Gasteiger partial charge is 0.258 e. The molecule has 0 spiro atoms. The first-order valence-electron chi connectivity index (χ1n) is 15.8. The molecule has 13 heteroatoms. The van der Waals surface area contributed by atoms with Crippen LogP contribution in [0.5, 0.6) is 23.0 Å². The zero-order valence-corrected chi connectivity index (χ0v) is 28.6. The first-order valence-corrected chi connectivity index (χ1v) is 16.8. The number of carbonyl (C=O) groups is 2. The average molecular weight is 693 g/mol. The van der Waals surface area contributed by atoms with Crippen LogP contribution in [0.3, 0.4) is 0 Å². The molecule has 0 radical (unpaired) electrons. The third-order valence-corrected chi connectivity index (χ3v) is 8.91. The lowest BCUT2D eigenvalue weighted by molar-refractivity contribution is -0.130. The van der Waals surface area contributed by atoms with Gasteiger partial charge in [0.05, 0.1) is 51.1 Å². The number of rotatable bonds is 14. The average Bonchev–Trinajstić information content (AvgIpc) is 3.81. The van der Waals surface area contributed by atoms with Gasteiger partial charge in [-0.05, 0) is 71.8 Å². The molecule has 6 rings (SSSR count). The summed E-state index contributed by atoms with van der Waals surface area (Å²) in [5, 5.41) is 18.5. The highest BCUT2D eigenvalue weighted by Crippen LogP contribution is 2.35. The molecular weight excluding hydrogens is 657 g/mol. The molecule has 0 saturated carbocycles. The largest absolute Gasteiger partial charge is 0.497 e. The van der Waals surface area contributed by atoms with Crippen LogP contribution in [-0.4, -0.2) is 71.0 Å². The molecule has 1 unspecified atom stereocenters. The minimum atomic E-state index is -0.322. The number of thioether (sulfide) groups is 1. The SMILES string of the molecule is COc1ccc(C2=NN(C(=O)CSc3nnc(CNC(=O)COc4ccccc4)n3-c3ccccc3OC)C(c3ccc(OC)cc3)C2)cc1. The van der Waals surface area contributed by atoms with Crippen molar-refractivity contribution in [2.75, 3.05) is 33.7 Å². The van der Waals surface area contributed by atoms with Gasteiger partial charge in [0.1, 0.15) is 23.0 Å². The Bertz CT molecular complexity index is 1950. The number of nitrogens with one attached hydrogen (secondary N) is 1. The molecule has 1 atom stereocenters. The van der Waals surface area contributed by atoms with Gasteiger partial charge in [-0.25, -0.2) is 5.01 Å². The van der Waals surface area contributed by atoms with Gasteiger partial charge in [0.15, 0.2) is 17.6 Å². The van der Waals surface area contributed by atoms with Crippen LogP contribution in [0.2, 0.25) is 0 Å². The highest BCUT2D eigenvalue weighted by Gasteiger charge is 2.33. The highest BCUT2D eigenvalue weighted by atomic mass is 32.2. The van der Waals surface area contributed by atoms with E-state index in [4.69, 9.17) is 24.0 Å². The normalized spacial score (nSPS) is 13.8. The van der Waals surface area contributed by atoms with Crippen LogP contribution >= 0.6 is 11.8 Å². The van der Waals surface area contributed by atoms with Crippen molar-refractivity contribution in [3.05, 3.63) is 120 Å². The van der Waals surface area contributed by atoms with Crippen molar-refractivity contribution < 1.29 is 28.5 Å². The Morgan fingerprint density at radius 2 is 1.48 bits per heavy atom. The molecule has 5 aromatic rings. The molecular formula is C37H36N6O6S. The summed E-state index contributed by atoms with van der Waals surface area (Å²) >= 11 is 1.22. The highest BCUT2D eigenvalue weighted by molar-refractivity contribution is 7.99. The number of hydrazone groups is 1. The molecule has 256 valence electrons. The summed E-state index contributed by atoms with van der Waals surface area (Å²) < 4.78 is 23.7. The van der Waals surface area contributed by atoms with E-state index in [1.54, 1.807) is 43.0 Å². The monoisotopic (exact) mass is 692 g/mol. The lowest BCUT2D eigenvalue weighted by atomic mass is 9.98. The summed E-state index contributed by atoms with van der Waals surface area (Å²) in [7, 11) is 4.81. The van der Waals surface area contributed by atoms with Gasteiger partial charge in [0, 0.05) is 6.42 Å². The summed E-state index contributed by atoms with van der Waals surface area (Å²) in [6.07, 6.45) is 0.532. The van der Waals surface area contributed by atoms with E-state index in [2.05, 4.69) is 15.5 Å². The van der Waals surface area contributed by atoms with E-state index < -0.39 is 0 Å². The summed E-state index contributed by atoms with van der Waals surface area (Å²) in [6, 6.07) is 31.5. The number of aromatic nitrogens is 3. The molecule has 1 aliphatic rings. The van der Waals surface area contributed by atoms with Gasteiger partial charge in [0.2, 0.25) is 0 Å². The van der Waals surface area contributed by atoms with Gasteiger partial charge < -0.3 is 24.3 Å². The van der Waals surface area contributed by atoms with Crippen LogP contribution in [0.25, 0.3) is 5.69 Å². The fourth-order valence-electron chi connectivity index (χ4n) is 5.44. The van der Waals surface area contributed by atoms with E-state index in [1.165, 1.54) is 11.8 Å². The Morgan fingerprint density at radius 1 is 0.800 bits per heavy atom. The van der Waals surface area contributed by atoms with Crippen molar-refractivity contribution in [1.82, 2.24) is 25.1 Å². The van der Waals surface area contributed by atoms with Crippen LogP contribution in [0.15, 0.2) is 113 Å². The molecule has 0 saturated heterocycles. The molecule has 1 aromatic heterocycles. The number of methoxy groups -OCH3 is 3. The molecule has 2 heterocycles. The van der Waals surface area contributed by atoms with Crippen LogP contribution in [0.1, 0.15) is 29.4 Å². The summed E-state index contributed by atoms with van der Waals surface area (Å²) in [5.74, 6) is 2.58. The van der Waals surface area contributed by atoms with Crippen molar-refractivity contribution in [1.29, 1.82) is 0 Å². The first-order chi connectivity index (χ1) is 24.5. The Labute approximate surface area is 294 Å². The number of para-hydroxylation sites is 3. The molecule has 4 aromatic carbocycles. The molecule has 0 fully saturated rings. The fraction of sp³-hybridized carbons (Fsp3) is 0.216. The molecule has 1 aliphatic heterocycles. The van der Waals surface area contributed by atoms with E-state index in [-0.39, 0.29) is 36.8 Å². The number of nitrogens with zero attached hydrogens (tertiary/aromatic N) is 5. The quantitative estimate of drug-likeness (QED) is 0.151. The number of amides is 2. The Morgan fingerprint density at radius 3 is 2.18 bits per heavy atom. The molecule has 12 nitrogen and oxygen atoms in total. The molecule has 50 heavy (non-hydrogen) atoms. The molecule has 1 N–H and O–H groups in total. The lowest BCUT2D eigenvalue weighted by Gasteiger charge is -2.22. The second-order valence-corrected chi connectivity index (χ2v) is 12.0. The molecule has 2 amide bonds. The van der Waals surface area contributed by atoms with Crippen LogP contribution in [-0.2, 0) is 16.1 Å². The zero-order chi connectivity index (χ0) is 34.9. The number of carbonyl (C=O) groups excluding carboxylic acids is 2. The van der Waals surface area contributed by atoms with E-state index >= 15 is 0 Å². The predicted molar refractivity (Wildman–Crippen MR) is 189 cm³/mol. The summed E-state index contributed by atoms with van der Waals surface area (Å²) in [4.78, 5) is 26.7. The molecule has 0 aliphatic carbocycles. The number of hydrogen-bond donors (Lipinski definition) is 1.